The molecule has 0 saturated carbocycles. The Kier molecular flexibility index (Phi) is 6.16. The monoisotopic (exact) mass is 303 g/mol. The van der Waals surface area contributed by atoms with Crippen molar-refractivity contribution < 1.29 is 4.74 Å². The third kappa shape index (κ3) is 3.79. The summed E-state index contributed by atoms with van der Waals surface area (Å²) in [5.74, 6) is 0. The van der Waals surface area contributed by atoms with E-state index in [-0.39, 0.29) is 6.04 Å². The molecule has 0 saturated heterocycles. The van der Waals surface area contributed by atoms with Crippen molar-refractivity contribution in [3.05, 3.63) is 15.9 Å². The van der Waals surface area contributed by atoms with E-state index in [1.54, 1.807) is 7.11 Å². The number of nitrogens with zero attached hydrogens (tertiary/aromatic N) is 2. The molecule has 5 heteroatoms. The number of nitrogens with one attached hydrogen (secondary N) is 1. The van der Waals surface area contributed by atoms with Crippen LogP contribution in [0.1, 0.15) is 30.8 Å². The maximum Gasteiger partial charge on any atom is 0.0880 e. The van der Waals surface area contributed by atoms with E-state index in [9.17, 15) is 0 Å². The van der Waals surface area contributed by atoms with Gasteiger partial charge in [0.25, 0.3) is 0 Å². The third-order valence-corrected chi connectivity index (χ3v) is 3.90. The Balaban J connectivity index is 2.77. The summed E-state index contributed by atoms with van der Waals surface area (Å²) in [5.41, 5.74) is 2.18. The topological polar surface area (TPSA) is 39.1 Å². The van der Waals surface area contributed by atoms with Crippen molar-refractivity contribution in [1.82, 2.24) is 15.1 Å². The van der Waals surface area contributed by atoms with Gasteiger partial charge in [0.2, 0.25) is 0 Å². The molecular formula is C12H22BrN3O. The summed E-state index contributed by atoms with van der Waals surface area (Å²) in [7, 11) is 1.73. The molecule has 1 N–H and O–H groups in total. The summed E-state index contributed by atoms with van der Waals surface area (Å²) in [6, 6.07) is 0.247. The first-order valence-corrected chi connectivity index (χ1v) is 6.82. The number of hydrogen-bond donors (Lipinski definition) is 1. The van der Waals surface area contributed by atoms with Gasteiger partial charge in [-0.05, 0) is 42.7 Å². The van der Waals surface area contributed by atoms with Gasteiger partial charge in [-0.25, -0.2) is 0 Å². The van der Waals surface area contributed by atoms with Gasteiger partial charge in [0.1, 0.15) is 0 Å². The Morgan fingerprint density at radius 1 is 1.47 bits per heavy atom. The Morgan fingerprint density at radius 3 is 2.65 bits per heavy atom. The molecule has 0 aromatic carbocycles. The summed E-state index contributed by atoms with van der Waals surface area (Å²) in [4.78, 5) is 0. The fraction of sp³-hybridized carbons (Fsp3) is 0.750. The molecule has 0 aliphatic rings. The van der Waals surface area contributed by atoms with Crippen LogP contribution < -0.4 is 5.32 Å². The summed E-state index contributed by atoms with van der Waals surface area (Å²) >= 11 is 3.56. The molecule has 17 heavy (non-hydrogen) atoms. The fourth-order valence-electron chi connectivity index (χ4n) is 1.85. The molecule has 1 aromatic rings. The molecule has 0 aliphatic heterocycles. The van der Waals surface area contributed by atoms with Crippen molar-refractivity contribution in [3.63, 3.8) is 0 Å². The van der Waals surface area contributed by atoms with Crippen molar-refractivity contribution in [2.75, 3.05) is 26.8 Å². The highest BCUT2D eigenvalue weighted by atomic mass is 79.9. The smallest absolute Gasteiger partial charge is 0.0880 e. The quantitative estimate of drug-likeness (QED) is 0.787. The van der Waals surface area contributed by atoms with Gasteiger partial charge in [0, 0.05) is 13.7 Å². The lowest BCUT2D eigenvalue weighted by Crippen LogP contribution is -2.30. The SMILES string of the molecule is CCCNCC(COC)n1nc(C)c(Br)c1C. The molecular weight excluding hydrogens is 282 g/mol. The maximum atomic E-state index is 5.28. The molecule has 0 spiro atoms. The van der Waals surface area contributed by atoms with Gasteiger partial charge in [-0.15, -0.1) is 0 Å². The van der Waals surface area contributed by atoms with E-state index in [0.29, 0.717) is 6.61 Å². The van der Waals surface area contributed by atoms with Crippen LogP contribution in [-0.2, 0) is 4.74 Å². The zero-order valence-corrected chi connectivity index (χ0v) is 12.7. The Morgan fingerprint density at radius 2 is 2.18 bits per heavy atom. The van der Waals surface area contributed by atoms with Crippen molar-refractivity contribution in [2.24, 2.45) is 0 Å². The molecule has 1 aromatic heterocycles. The van der Waals surface area contributed by atoms with Gasteiger partial charge >= 0.3 is 0 Å². The number of ether oxygens (including phenoxy) is 1. The zero-order valence-electron chi connectivity index (χ0n) is 11.1. The lowest BCUT2D eigenvalue weighted by Gasteiger charge is -2.19. The molecule has 1 heterocycles. The van der Waals surface area contributed by atoms with Crippen molar-refractivity contribution in [1.29, 1.82) is 0 Å². The number of hydrogen-bond acceptors (Lipinski definition) is 3. The van der Waals surface area contributed by atoms with Crippen LogP contribution in [0.15, 0.2) is 4.47 Å². The molecule has 1 unspecified atom stereocenters. The van der Waals surface area contributed by atoms with E-state index in [4.69, 9.17) is 4.74 Å². The van der Waals surface area contributed by atoms with Crippen LogP contribution in [0.2, 0.25) is 0 Å². The van der Waals surface area contributed by atoms with Crippen LogP contribution >= 0.6 is 15.9 Å². The van der Waals surface area contributed by atoms with E-state index in [1.807, 2.05) is 11.6 Å². The van der Waals surface area contributed by atoms with E-state index >= 15 is 0 Å². The van der Waals surface area contributed by atoms with Crippen LogP contribution in [0.25, 0.3) is 0 Å². The minimum atomic E-state index is 0.247. The Labute approximate surface area is 112 Å². The Bertz CT molecular complexity index is 352. The first-order chi connectivity index (χ1) is 8.11. The summed E-state index contributed by atoms with van der Waals surface area (Å²) in [6.07, 6.45) is 1.14. The van der Waals surface area contributed by atoms with E-state index in [2.05, 4.69) is 40.2 Å². The van der Waals surface area contributed by atoms with Crippen molar-refractivity contribution in [3.8, 4) is 0 Å². The molecule has 1 atom stereocenters. The summed E-state index contributed by atoms with van der Waals surface area (Å²) in [5, 5.41) is 7.98. The lowest BCUT2D eigenvalue weighted by atomic mass is 10.3. The van der Waals surface area contributed by atoms with Crippen LogP contribution in [0.3, 0.4) is 0 Å². The van der Waals surface area contributed by atoms with Crippen LogP contribution in [0, 0.1) is 13.8 Å². The molecule has 0 amide bonds. The second kappa shape index (κ2) is 7.13. The average molecular weight is 304 g/mol. The predicted molar refractivity (Wildman–Crippen MR) is 73.5 cm³/mol. The number of methoxy groups -OCH3 is 1. The highest BCUT2D eigenvalue weighted by Gasteiger charge is 2.17. The Hall–Kier alpha value is -0.390. The van der Waals surface area contributed by atoms with Gasteiger partial charge in [-0.2, -0.15) is 5.10 Å². The second-order valence-corrected chi connectivity index (χ2v) is 5.04. The fourth-order valence-corrected chi connectivity index (χ4v) is 2.11. The van der Waals surface area contributed by atoms with Crippen LogP contribution in [0.5, 0.6) is 0 Å². The average Bonchev–Trinajstić information content (AvgIpc) is 2.56. The molecule has 0 radical (unpaired) electrons. The number of aromatic nitrogens is 2. The normalized spacial score (nSPS) is 13.0. The molecule has 0 fully saturated rings. The lowest BCUT2D eigenvalue weighted by molar-refractivity contribution is 0.147. The first kappa shape index (κ1) is 14.7. The third-order valence-electron chi connectivity index (χ3n) is 2.75. The molecule has 98 valence electrons. The molecule has 0 bridgehead atoms. The van der Waals surface area contributed by atoms with Gasteiger partial charge in [-0.1, -0.05) is 6.92 Å². The molecule has 0 aliphatic carbocycles. The van der Waals surface area contributed by atoms with Gasteiger partial charge < -0.3 is 10.1 Å². The minimum Gasteiger partial charge on any atom is -0.382 e. The number of aryl methyl sites for hydroxylation is 1. The highest BCUT2D eigenvalue weighted by molar-refractivity contribution is 9.10. The summed E-state index contributed by atoms with van der Waals surface area (Å²) < 4.78 is 8.42. The van der Waals surface area contributed by atoms with E-state index in [1.165, 1.54) is 0 Å². The standard InChI is InChI=1S/C12H22BrN3O/c1-5-6-14-7-11(8-17-4)16-10(3)12(13)9(2)15-16/h11,14H,5-8H2,1-4H3. The minimum absolute atomic E-state index is 0.247. The largest absolute Gasteiger partial charge is 0.382 e. The van der Waals surface area contributed by atoms with Crippen molar-refractivity contribution >= 4 is 15.9 Å². The van der Waals surface area contributed by atoms with E-state index < -0.39 is 0 Å². The second-order valence-electron chi connectivity index (χ2n) is 4.24. The summed E-state index contributed by atoms with van der Waals surface area (Å²) in [6.45, 7) is 8.84. The number of rotatable bonds is 7. The van der Waals surface area contributed by atoms with Gasteiger partial charge in [-0.3, -0.25) is 4.68 Å². The number of halogens is 1. The van der Waals surface area contributed by atoms with Gasteiger partial charge in [0.15, 0.2) is 0 Å². The highest BCUT2D eigenvalue weighted by Crippen LogP contribution is 2.22. The first-order valence-electron chi connectivity index (χ1n) is 6.02. The molecule has 1 rings (SSSR count). The zero-order chi connectivity index (χ0) is 12.8. The van der Waals surface area contributed by atoms with E-state index in [0.717, 1.165) is 35.4 Å². The van der Waals surface area contributed by atoms with Crippen LogP contribution in [-0.4, -0.2) is 36.6 Å². The van der Waals surface area contributed by atoms with Crippen LogP contribution in [0.4, 0.5) is 0 Å². The molecule has 4 nitrogen and oxygen atoms in total. The van der Waals surface area contributed by atoms with Gasteiger partial charge in [0.05, 0.1) is 28.5 Å². The predicted octanol–water partition coefficient (Wildman–Crippen LogP) is 2.45. The maximum absolute atomic E-state index is 5.28. The van der Waals surface area contributed by atoms with Crippen molar-refractivity contribution in [2.45, 2.75) is 33.2 Å².